The van der Waals surface area contributed by atoms with Crippen LogP contribution in [0.15, 0.2) is 30.3 Å². The Hall–Kier alpha value is -2.37. The number of nitrogens with zero attached hydrogens (tertiary/aromatic N) is 1. The van der Waals surface area contributed by atoms with Crippen LogP contribution in [-0.4, -0.2) is 40.4 Å². The third-order valence-electron chi connectivity index (χ3n) is 4.52. The lowest BCUT2D eigenvalue weighted by Gasteiger charge is -2.34. The van der Waals surface area contributed by atoms with E-state index in [1.54, 1.807) is 20.8 Å². The van der Waals surface area contributed by atoms with E-state index in [4.69, 9.17) is 9.47 Å². The number of esters is 1. The highest BCUT2D eigenvalue weighted by Gasteiger charge is 2.57. The molecule has 2 aliphatic rings. The lowest BCUT2D eigenvalue weighted by Crippen LogP contribution is -2.53. The van der Waals surface area contributed by atoms with Crippen LogP contribution in [-0.2, 0) is 25.7 Å². The monoisotopic (exact) mass is 345 g/mol. The van der Waals surface area contributed by atoms with Gasteiger partial charge in [0.05, 0.1) is 5.92 Å². The normalized spacial score (nSPS) is 25.2. The van der Waals surface area contributed by atoms with E-state index in [0.717, 1.165) is 5.56 Å². The third kappa shape index (κ3) is 3.67. The van der Waals surface area contributed by atoms with Gasteiger partial charge in [0.1, 0.15) is 24.0 Å². The topological polar surface area (TPSA) is 72.9 Å². The molecule has 6 heteroatoms. The number of hydrogen-bond donors (Lipinski definition) is 0. The van der Waals surface area contributed by atoms with Gasteiger partial charge in [0.15, 0.2) is 0 Å². The lowest BCUT2D eigenvalue weighted by atomic mass is 9.97. The van der Waals surface area contributed by atoms with Crippen molar-refractivity contribution in [1.29, 1.82) is 0 Å². The van der Waals surface area contributed by atoms with Gasteiger partial charge in [-0.25, -0.2) is 9.59 Å². The molecule has 1 saturated heterocycles. The predicted octanol–water partition coefficient (Wildman–Crippen LogP) is 2.70. The highest BCUT2D eigenvalue weighted by molar-refractivity contribution is 5.95. The van der Waals surface area contributed by atoms with Gasteiger partial charge >= 0.3 is 12.1 Å². The Morgan fingerprint density at radius 1 is 1.20 bits per heavy atom. The van der Waals surface area contributed by atoms with E-state index >= 15 is 0 Å². The largest absolute Gasteiger partial charge is 0.459 e. The molecule has 2 bridgehead atoms. The van der Waals surface area contributed by atoms with Crippen LogP contribution < -0.4 is 0 Å². The number of rotatable bonds is 3. The van der Waals surface area contributed by atoms with Gasteiger partial charge in [-0.1, -0.05) is 30.3 Å². The number of ether oxygens (including phenoxy) is 2. The fourth-order valence-corrected chi connectivity index (χ4v) is 3.50. The lowest BCUT2D eigenvalue weighted by molar-refractivity contribution is -0.155. The van der Waals surface area contributed by atoms with Crippen molar-refractivity contribution in [2.75, 3.05) is 0 Å². The van der Waals surface area contributed by atoms with Gasteiger partial charge in [0, 0.05) is 12.5 Å². The van der Waals surface area contributed by atoms with Gasteiger partial charge in [-0.3, -0.25) is 9.69 Å². The molecule has 1 aromatic rings. The Kier molecular flexibility index (Phi) is 4.54. The molecule has 1 amide bonds. The fourth-order valence-electron chi connectivity index (χ4n) is 3.50. The maximum Gasteiger partial charge on any atom is 0.411 e. The molecule has 0 N–H and O–H groups in total. The second-order valence-corrected chi connectivity index (χ2v) is 7.59. The van der Waals surface area contributed by atoms with E-state index in [1.807, 2.05) is 30.3 Å². The molecule has 1 aliphatic carbocycles. The summed E-state index contributed by atoms with van der Waals surface area (Å²) in [6.07, 6.45) is 0.226. The molecule has 3 atom stereocenters. The molecule has 6 nitrogen and oxygen atoms in total. The van der Waals surface area contributed by atoms with Crippen LogP contribution >= 0.6 is 0 Å². The van der Waals surface area contributed by atoms with Crippen LogP contribution in [0.1, 0.15) is 39.2 Å². The summed E-state index contributed by atoms with van der Waals surface area (Å²) in [6.45, 7) is 5.43. The maximum atomic E-state index is 12.6. The number of hydrogen-bond acceptors (Lipinski definition) is 5. The first-order valence-corrected chi connectivity index (χ1v) is 8.51. The highest BCUT2D eigenvalue weighted by Crippen LogP contribution is 2.41. The molecule has 1 heterocycles. The number of fused-ring (bicyclic) bond motifs is 2. The minimum Gasteiger partial charge on any atom is -0.459 e. The second kappa shape index (κ2) is 6.50. The summed E-state index contributed by atoms with van der Waals surface area (Å²) in [4.78, 5) is 38.6. The van der Waals surface area contributed by atoms with Crippen LogP contribution in [0.4, 0.5) is 4.79 Å². The van der Waals surface area contributed by atoms with E-state index in [1.165, 1.54) is 4.90 Å². The zero-order chi connectivity index (χ0) is 18.2. The first kappa shape index (κ1) is 17.5. The Bertz CT molecular complexity index is 679. The smallest absolute Gasteiger partial charge is 0.411 e. The Morgan fingerprint density at radius 2 is 1.88 bits per heavy atom. The molecule has 0 radical (unpaired) electrons. The zero-order valence-corrected chi connectivity index (χ0v) is 14.7. The average molecular weight is 345 g/mol. The van der Waals surface area contributed by atoms with Crippen LogP contribution in [0.5, 0.6) is 0 Å². The molecule has 0 unspecified atom stereocenters. The quantitative estimate of drug-likeness (QED) is 0.788. The summed E-state index contributed by atoms with van der Waals surface area (Å²) in [6, 6.07) is 8.14. The van der Waals surface area contributed by atoms with Crippen molar-refractivity contribution in [1.82, 2.24) is 4.90 Å². The second-order valence-electron chi connectivity index (χ2n) is 7.59. The van der Waals surface area contributed by atoms with Crippen molar-refractivity contribution in [3.63, 3.8) is 0 Å². The number of likely N-dealkylation sites (tertiary alicyclic amines) is 1. The molecular weight excluding hydrogens is 322 g/mol. The van der Waals surface area contributed by atoms with E-state index < -0.39 is 29.6 Å². The SMILES string of the molecule is CC(C)(C)OC(=O)N1[C@@H]2CC(=O)[C@@H](C2)[C@H]1C(=O)OCc1ccccc1. The van der Waals surface area contributed by atoms with Gasteiger partial charge in [-0.05, 0) is 32.8 Å². The van der Waals surface area contributed by atoms with Crippen molar-refractivity contribution >= 4 is 17.8 Å². The van der Waals surface area contributed by atoms with Gasteiger partial charge in [-0.15, -0.1) is 0 Å². The number of amides is 1. The number of benzene rings is 1. The minimum absolute atomic E-state index is 0.0199. The van der Waals surface area contributed by atoms with Crippen molar-refractivity contribution in [2.24, 2.45) is 5.92 Å². The standard InChI is InChI=1S/C19H23NO5/c1-19(2,3)25-18(23)20-13-9-14(15(21)10-13)16(20)17(22)24-11-12-7-5-4-6-8-12/h4-8,13-14,16H,9-11H2,1-3H3/t13-,14+,16-/m0/s1. The van der Waals surface area contributed by atoms with Crippen molar-refractivity contribution < 1.29 is 23.9 Å². The maximum absolute atomic E-state index is 12.6. The number of carbonyl (C=O) groups is 3. The van der Waals surface area contributed by atoms with E-state index in [-0.39, 0.29) is 24.9 Å². The molecular formula is C19H23NO5. The molecule has 1 aromatic carbocycles. The molecule has 0 aromatic heterocycles. The minimum atomic E-state index is -0.884. The van der Waals surface area contributed by atoms with Gasteiger partial charge < -0.3 is 9.47 Å². The summed E-state index contributed by atoms with van der Waals surface area (Å²) in [5, 5.41) is 0. The predicted molar refractivity (Wildman–Crippen MR) is 89.6 cm³/mol. The molecule has 1 aliphatic heterocycles. The number of carbonyl (C=O) groups excluding carboxylic acids is 3. The molecule has 1 saturated carbocycles. The van der Waals surface area contributed by atoms with Crippen molar-refractivity contribution in [3.05, 3.63) is 35.9 Å². The van der Waals surface area contributed by atoms with Crippen molar-refractivity contribution in [3.8, 4) is 0 Å². The highest BCUT2D eigenvalue weighted by atomic mass is 16.6. The molecule has 25 heavy (non-hydrogen) atoms. The Balaban J connectivity index is 1.73. The summed E-state index contributed by atoms with van der Waals surface area (Å²) < 4.78 is 10.8. The van der Waals surface area contributed by atoms with E-state index in [0.29, 0.717) is 6.42 Å². The van der Waals surface area contributed by atoms with Crippen LogP contribution in [0, 0.1) is 5.92 Å². The first-order chi connectivity index (χ1) is 11.8. The van der Waals surface area contributed by atoms with Crippen LogP contribution in [0.2, 0.25) is 0 Å². The number of piperidine rings is 1. The summed E-state index contributed by atoms with van der Waals surface area (Å²) in [5.74, 6) is -1.01. The molecule has 2 fully saturated rings. The zero-order valence-electron chi connectivity index (χ0n) is 14.7. The first-order valence-electron chi connectivity index (χ1n) is 8.51. The van der Waals surface area contributed by atoms with Crippen LogP contribution in [0.25, 0.3) is 0 Å². The summed E-state index contributed by atoms with van der Waals surface area (Å²) in [5.41, 5.74) is 0.190. The molecule has 3 rings (SSSR count). The van der Waals surface area contributed by atoms with Crippen LogP contribution in [0.3, 0.4) is 0 Å². The third-order valence-corrected chi connectivity index (χ3v) is 4.52. The Morgan fingerprint density at radius 3 is 2.52 bits per heavy atom. The Labute approximate surface area is 147 Å². The summed E-state index contributed by atoms with van der Waals surface area (Å²) >= 11 is 0. The van der Waals surface area contributed by atoms with Crippen molar-refractivity contribution in [2.45, 2.75) is 57.9 Å². The van der Waals surface area contributed by atoms with E-state index in [9.17, 15) is 14.4 Å². The van der Waals surface area contributed by atoms with Gasteiger partial charge in [-0.2, -0.15) is 0 Å². The number of ketones is 1. The van der Waals surface area contributed by atoms with Gasteiger partial charge in [0.25, 0.3) is 0 Å². The molecule has 134 valence electrons. The average Bonchev–Trinajstić information content (AvgIpc) is 3.08. The summed E-state index contributed by atoms with van der Waals surface area (Å²) in [7, 11) is 0. The van der Waals surface area contributed by atoms with E-state index in [2.05, 4.69) is 0 Å². The molecule has 0 spiro atoms. The number of Topliss-reactive ketones (excluding diaryl/α,β-unsaturated/α-hetero) is 1. The fraction of sp³-hybridized carbons (Fsp3) is 0.526. The van der Waals surface area contributed by atoms with Gasteiger partial charge in [0.2, 0.25) is 0 Å².